The van der Waals surface area contributed by atoms with Crippen molar-refractivity contribution in [1.82, 2.24) is 0 Å². The number of ether oxygens (including phenoxy) is 1. The third-order valence-corrected chi connectivity index (χ3v) is 4.11. The van der Waals surface area contributed by atoms with Crippen LogP contribution < -0.4 is 10.1 Å². The summed E-state index contributed by atoms with van der Waals surface area (Å²) < 4.78 is 5.92. The van der Waals surface area contributed by atoms with E-state index in [0.29, 0.717) is 0 Å². The standard InChI is InChI=1S/C19H33NO/c1-7-16(3)20-12-8-9-13-21-18-11-10-17(14-15(18)2)19(4,5)6/h10-11,14,16,20H,7-9,12-13H2,1-6H3/p+1/t16-/m1/s1. The summed E-state index contributed by atoms with van der Waals surface area (Å²) in [4.78, 5) is 0. The van der Waals surface area contributed by atoms with Crippen molar-refractivity contribution in [3.8, 4) is 5.75 Å². The van der Waals surface area contributed by atoms with Gasteiger partial charge in [-0.1, -0.05) is 39.8 Å². The fourth-order valence-electron chi connectivity index (χ4n) is 2.28. The summed E-state index contributed by atoms with van der Waals surface area (Å²) in [7, 11) is 0. The average molecular weight is 292 g/mol. The zero-order valence-corrected chi connectivity index (χ0v) is 14.8. The molecule has 21 heavy (non-hydrogen) atoms. The molecule has 120 valence electrons. The van der Waals surface area contributed by atoms with E-state index in [1.54, 1.807) is 0 Å². The van der Waals surface area contributed by atoms with E-state index >= 15 is 0 Å². The minimum absolute atomic E-state index is 0.203. The summed E-state index contributed by atoms with van der Waals surface area (Å²) in [6, 6.07) is 7.32. The predicted molar refractivity (Wildman–Crippen MR) is 91.2 cm³/mol. The van der Waals surface area contributed by atoms with Gasteiger partial charge in [-0.2, -0.15) is 0 Å². The average Bonchev–Trinajstić information content (AvgIpc) is 2.42. The molecule has 0 radical (unpaired) electrons. The highest BCUT2D eigenvalue weighted by atomic mass is 16.5. The molecule has 0 unspecified atom stereocenters. The Morgan fingerprint density at radius 3 is 2.48 bits per heavy atom. The van der Waals surface area contributed by atoms with E-state index in [-0.39, 0.29) is 5.41 Å². The fourth-order valence-corrected chi connectivity index (χ4v) is 2.28. The summed E-state index contributed by atoms with van der Waals surface area (Å²) >= 11 is 0. The Hall–Kier alpha value is -1.02. The number of aryl methyl sites for hydroxylation is 1. The van der Waals surface area contributed by atoms with Crippen molar-refractivity contribution >= 4 is 0 Å². The topological polar surface area (TPSA) is 25.8 Å². The van der Waals surface area contributed by atoms with Gasteiger partial charge in [0.25, 0.3) is 0 Å². The Morgan fingerprint density at radius 1 is 1.19 bits per heavy atom. The monoisotopic (exact) mass is 292 g/mol. The molecule has 1 aromatic rings. The first kappa shape index (κ1) is 18.0. The lowest BCUT2D eigenvalue weighted by atomic mass is 9.86. The maximum absolute atomic E-state index is 5.92. The lowest BCUT2D eigenvalue weighted by Gasteiger charge is -2.20. The number of nitrogens with two attached hydrogens (primary N) is 1. The number of hydrogen-bond acceptors (Lipinski definition) is 1. The largest absolute Gasteiger partial charge is 0.493 e. The molecule has 1 aromatic carbocycles. The highest BCUT2D eigenvalue weighted by molar-refractivity contribution is 5.38. The van der Waals surface area contributed by atoms with Gasteiger partial charge in [0.05, 0.1) is 19.2 Å². The summed E-state index contributed by atoms with van der Waals surface area (Å²) in [5, 5.41) is 2.43. The van der Waals surface area contributed by atoms with E-state index in [1.807, 2.05) is 0 Å². The third-order valence-electron chi connectivity index (χ3n) is 4.11. The van der Waals surface area contributed by atoms with E-state index in [1.165, 1.54) is 30.5 Å². The first-order valence-corrected chi connectivity index (χ1v) is 8.42. The maximum atomic E-state index is 5.92. The molecule has 0 aliphatic rings. The van der Waals surface area contributed by atoms with Crippen molar-refractivity contribution in [2.75, 3.05) is 13.2 Å². The fraction of sp³-hybridized carbons (Fsp3) is 0.684. The molecule has 1 atom stereocenters. The molecule has 0 saturated carbocycles. The van der Waals surface area contributed by atoms with Crippen molar-refractivity contribution in [3.05, 3.63) is 29.3 Å². The molecule has 0 aromatic heterocycles. The van der Waals surface area contributed by atoms with Crippen molar-refractivity contribution in [2.24, 2.45) is 0 Å². The van der Waals surface area contributed by atoms with Crippen LogP contribution in [0.1, 0.15) is 65.0 Å². The van der Waals surface area contributed by atoms with E-state index < -0.39 is 0 Å². The van der Waals surface area contributed by atoms with Crippen LogP contribution in [0.25, 0.3) is 0 Å². The Kier molecular flexibility index (Phi) is 7.24. The molecule has 0 fully saturated rings. The zero-order valence-electron chi connectivity index (χ0n) is 14.8. The Bertz CT molecular complexity index is 420. The normalized spacial score (nSPS) is 13.2. The highest BCUT2D eigenvalue weighted by Crippen LogP contribution is 2.27. The van der Waals surface area contributed by atoms with Gasteiger partial charge in [-0.3, -0.25) is 0 Å². The molecule has 0 amide bonds. The number of benzene rings is 1. The lowest BCUT2D eigenvalue weighted by molar-refractivity contribution is -0.686. The lowest BCUT2D eigenvalue weighted by Crippen LogP contribution is -2.89. The minimum atomic E-state index is 0.203. The van der Waals surface area contributed by atoms with E-state index in [4.69, 9.17) is 4.74 Å². The second-order valence-electron chi connectivity index (χ2n) is 7.20. The van der Waals surface area contributed by atoms with Gasteiger partial charge in [0.2, 0.25) is 0 Å². The van der Waals surface area contributed by atoms with Crippen LogP contribution in [0.15, 0.2) is 18.2 Å². The van der Waals surface area contributed by atoms with Gasteiger partial charge >= 0.3 is 0 Å². The Balaban J connectivity index is 2.33. The minimum Gasteiger partial charge on any atom is -0.493 e. The summed E-state index contributed by atoms with van der Waals surface area (Å²) in [5.41, 5.74) is 2.82. The number of hydrogen-bond donors (Lipinski definition) is 1. The van der Waals surface area contributed by atoms with Crippen LogP contribution in [0.3, 0.4) is 0 Å². The Labute approximate surface area is 131 Å². The predicted octanol–water partition coefficient (Wildman–Crippen LogP) is 3.81. The van der Waals surface area contributed by atoms with Gasteiger partial charge in [0.1, 0.15) is 5.75 Å². The van der Waals surface area contributed by atoms with Gasteiger partial charge in [-0.25, -0.2) is 0 Å². The van der Waals surface area contributed by atoms with Crippen LogP contribution in [-0.4, -0.2) is 19.2 Å². The number of quaternary nitrogens is 1. The first-order valence-electron chi connectivity index (χ1n) is 8.42. The molecule has 2 nitrogen and oxygen atoms in total. The molecular weight excluding hydrogens is 258 g/mol. The van der Waals surface area contributed by atoms with E-state index in [9.17, 15) is 0 Å². The second kappa shape index (κ2) is 8.43. The van der Waals surface area contributed by atoms with E-state index in [2.05, 4.69) is 65.1 Å². The molecule has 0 saturated heterocycles. The molecule has 2 N–H and O–H groups in total. The molecule has 0 aliphatic heterocycles. The molecule has 0 bridgehead atoms. The summed E-state index contributed by atoms with van der Waals surface area (Å²) in [5.74, 6) is 1.04. The number of unbranched alkanes of at least 4 members (excludes halogenated alkanes) is 1. The van der Waals surface area contributed by atoms with Crippen LogP contribution in [0.4, 0.5) is 0 Å². The van der Waals surface area contributed by atoms with Gasteiger partial charge in [0, 0.05) is 0 Å². The van der Waals surface area contributed by atoms with Crippen LogP contribution in [0.2, 0.25) is 0 Å². The van der Waals surface area contributed by atoms with Gasteiger partial charge in [0.15, 0.2) is 0 Å². The smallest absolute Gasteiger partial charge is 0.122 e. The molecular formula is C19H34NO+. The summed E-state index contributed by atoms with van der Waals surface area (Å²) in [6.07, 6.45) is 3.60. The molecule has 0 heterocycles. The number of rotatable bonds is 8. The van der Waals surface area contributed by atoms with Crippen molar-refractivity contribution in [3.63, 3.8) is 0 Å². The van der Waals surface area contributed by atoms with Crippen molar-refractivity contribution in [1.29, 1.82) is 0 Å². The zero-order chi connectivity index (χ0) is 15.9. The van der Waals surface area contributed by atoms with E-state index in [0.717, 1.165) is 24.8 Å². The van der Waals surface area contributed by atoms with Crippen LogP contribution in [0.5, 0.6) is 5.75 Å². The van der Waals surface area contributed by atoms with Gasteiger partial charge in [-0.05, 0) is 55.7 Å². The second-order valence-corrected chi connectivity index (χ2v) is 7.20. The molecule has 2 heteroatoms. The van der Waals surface area contributed by atoms with Crippen molar-refractivity contribution < 1.29 is 10.1 Å². The molecule has 0 aliphatic carbocycles. The van der Waals surface area contributed by atoms with Crippen LogP contribution >= 0.6 is 0 Å². The Morgan fingerprint density at radius 2 is 1.90 bits per heavy atom. The first-order chi connectivity index (χ1) is 9.84. The SMILES string of the molecule is CC[C@@H](C)[NH2+]CCCCOc1ccc(C(C)(C)C)cc1C. The molecule has 0 spiro atoms. The van der Waals surface area contributed by atoms with Crippen LogP contribution in [-0.2, 0) is 5.41 Å². The summed E-state index contributed by atoms with van der Waals surface area (Å²) in [6.45, 7) is 15.4. The molecule has 1 rings (SSSR count). The quantitative estimate of drug-likeness (QED) is 0.724. The third kappa shape index (κ3) is 6.52. The van der Waals surface area contributed by atoms with Gasteiger partial charge < -0.3 is 10.1 Å². The van der Waals surface area contributed by atoms with Crippen molar-refractivity contribution in [2.45, 2.75) is 72.3 Å². The highest BCUT2D eigenvalue weighted by Gasteiger charge is 2.14. The van der Waals surface area contributed by atoms with Crippen LogP contribution in [0, 0.1) is 6.92 Å². The van der Waals surface area contributed by atoms with Gasteiger partial charge in [-0.15, -0.1) is 0 Å². The maximum Gasteiger partial charge on any atom is 0.122 e.